The minimum Gasteiger partial charge on any atom is -0.497 e. The molecule has 1 aromatic carbocycles. The summed E-state index contributed by atoms with van der Waals surface area (Å²) in [6.07, 6.45) is 0.971. The van der Waals surface area contributed by atoms with Gasteiger partial charge < -0.3 is 9.64 Å². The molecular formula is C12H17NO2. The molecule has 15 heavy (non-hydrogen) atoms. The van der Waals surface area contributed by atoms with Crippen LogP contribution in [0.2, 0.25) is 0 Å². The van der Waals surface area contributed by atoms with Crippen LogP contribution in [-0.4, -0.2) is 31.5 Å². The van der Waals surface area contributed by atoms with Gasteiger partial charge in [0.25, 0.3) is 5.91 Å². The van der Waals surface area contributed by atoms with Crippen LogP contribution in [0.15, 0.2) is 24.3 Å². The maximum absolute atomic E-state index is 11.8. The van der Waals surface area contributed by atoms with Gasteiger partial charge in [-0.2, -0.15) is 0 Å². The summed E-state index contributed by atoms with van der Waals surface area (Å²) in [5, 5.41) is 0. The predicted octanol–water partition coefficient (Wildman–Crippen LogP) is 2.18. The number of carbonyl (C=O) groups is 1. The van der Waals surface area contributed by atoms with E-state index in [9.17, 15) is 4.79 Å². The summed E-state index contributed by atoms with van der Waals surface area (Å²) in [5.41, 5.74) is 0.701. The fourth-order valence-electron chi connectivity index (χ4n) is 1.39. The minimum absolute atomic E-state index is 0.0551. The lowest BCUT2D eigenvalue weighted by atomic mass is 10.2. The van der Waals surface area contributed by atoms with Crippen molar-refractivity contribution in [2.75, 3.05) is 20.7 Å². The van der Waals surface area contributed by atoms with E-state index in [2.05, 4.69) is 6.92 Å². The van der Waals surface area contributed by atoms with Crippen molar-refractivity contribution in [3.05, 3.63) is 29.8 Å². The van der Waals surface area contributed by atoms with Gasteiger partial charge in [0.05, 0.1) is 7.11 Å². The van der Waals surface area contributed by atoms with Gasteiger partial charge in [-0.05, 0) is 30.7 Å². The number of ether oxygens (including phenoxy) is 1. The molecule has 0 aromatic heterocycles. The molecule has 0 fully saturated rings. The second-order valence-electron chi connectivity index (χ2n) is 3.46. The summed E-state index contributed by atoms with van der Waals surface area (Å²) >= 11 is 0. The zero-order valence-electron chi connectivity index (χ0n) is 9.49. The van der Waals surface area contributed by atoms with E-state index < -0.39 is 0 Å². The van der Waals surface area contributed by atoms with Crippen LogP contribution in [0.1, 0.15) is 23.7 Å². The minimum atomic E-state index is 0.0551. The summed E-state index contributed by atoms with van der Waals surface area (Å²) in [4.78, 5) is 13.5. The molecule has 0 bridgehead atoms. The van der Waals surface area contributed by atoms with E-state index in [1.54, 1.807) is 36.3 Å². The first kappa shape index (κ1) is 11.6. The monoisotopic (exact) mass is 207 g/mol. The van der Waals surface area contributed by atoms with E-state index in [1.165, 1.54) is 0 Å². The Labute approximate surface area is 90.7 Å². The van der Waals surface area contributed by atoms with Crippen molar-refractivity contribution < 1.29 is 9.53 Å². The third-order valence-electron chi connectivity index (χ3n) is 2.24. The van der Waals surface area contributed by atoms with Crippen molar-refractivity contribution in [1.82, 2.24) is 4.90 Å². The van der Waals surface area contributed by atoms with Crippen LogP contribution in [0.4, 0.5) is 0 Å². The second-order valence-corrected chi connectivity index (χ2v) is 3.46. The maximum atomic E-state index is 11.8. The lowest BCUT2D eigenvalue weighted by Crippen LogP contribution is -2.27. The summed E-state index contributed by atoms with van der Waals surface area (Å²) in [6.45, 7) is 2.84. The van der Waals surface area contributed by atoms with Gasteiger partial charge in [-0.15, -0.1) is 0 Å². The smallest absolute Gasteiger partial charge is 0.253 e. The van der Waals surface area contributed by atoms with E-state index in [0.717, 1.165) is 18.7 Å². The molecule has 0 aliphatic carbocycles. The van der Waals surface area contributed by atoms with E-state index in [-0.39, 0.29) is 5.91 Å². The molecule has 0 aliphatic rings. The van der Waals surface area contributed by atoms with Crippen LogP contribution in [0.3, 0.4) is 0 Å². The molecule has 3 nitrogen and oxygen atoms in total. The fourth-order valence-corrected chi connectivity index (χ4v) is 1.39. The molecule has 0 unspecified atom stereocenters. The van der Waals surface area contributed by atoms with Gasteiger partial charge in [-0.3, -0.25) is 4.79 Å². The molecule has 0 spiro atoms. The molecule has 0 radical (unpaired) electrons. The Morgan fingerprint density at radius 2 is 1.93 bits per heavy atom. The number of hydrogen-bond acceptors (Lipinski definition) is 2. The van der Waals surface area contributed by atoms with Crippen molar-refractivity contribution in [3.63, 3.8) is 0 Å². The standard InChI is InChI=1S/C12H17NO2/c1-4-9-13(2)12(14)10-5-7-11(15-3)8-6-10/h5-8H,4,9H2,1-3H3. The molecule has 1 amide bonds. The van der Waals surface area contributed by atoms with Gasteiger partial charge in [-0.25, -0.2) is 0 Å². The number of rotatable bonds is 4. The van der Waals surface area contributed by atoms with Crippen LogP contribution in [0.5, 0.6) is 5.75 Å². The Morgan fingerprint density at radius 3 is 2.40 bits per heavy atom. The number of benzene rings is 1. The van der Waals surface area contributed by atoms with Gasteiger partial charge in [0.15, 0.2) is 0 Å². The summed E-state index contributed by atoms with van der Waals surface area (Å²) in [5.74, 6) is 0.823. The van der Waals surface area contributed by atoms with Crippen molar-refractivity contribution in [2.24, 2.45) is 0 Å². The predicted molar refractivity (Wildman–Crippen MR) is 60.2 cm³/mol. The molecule has 0 saturated heterocycles. The first-order valence-electron chi connectivity index (χ1n) is 5.08. The molecule has 0 atom stereocenters. The molecule has 1 rings (SSSR count). The topological polar surface area (TPSA) is 29.5 Å². The lowest BCUT2D eigenvalue weighted by Gasteiger charge is -2.16. The second kappa shape index (κ2) is 5.39. The Balaban J connectivity index is 2.73. The van der Waals surface area contributed by atoms with E-state index in [0.29, 0.717) is 5.56 Å². The number of amides is 1. The average Bonchev–Trinajstić information content (AvgIpc) is 2.28. The highest BCUT2D eigenvalue weighted by Gasteiger charge is 2.09. The average molecular weight is 207 g/mol. The summed E-state index contributed by atoms with van der Waals surface area (Å²) in [7, 11) is 3.43. The van der Waals surface area contributed by atoms with Crippen molar-refractivity contribution >= 4 is 5.91 Å². The number of nitrogens with zero attached hydrogens (tertiary/aromatic N) is 1. The third kappa shape index (κ3) is 2.98. The highest BCUT2D eigenvalue weighted by molar-refractivity contribution is 5.94. The number of carbonyl (C=O) groups excluding carboxylic acids is 1. The summed E-state index contributed by atoms with van der Waals surface area (Å²) in [6, 6.07) is 7.17. The molecular weight excluding hydrogens is 190 g/mol. The number of hydrogen-bond donors (Lipinski definition) is 0. The van der Waals surface area contributed by atoms with Gasteiger partial charge in [0, 0.05) is 19.2 Å². The van der Waals surface area contributed by atoms with E-state index in [1.807, 2.05) is 7.05 Å². The van der Waals surface area contributed by atoms with Gasteiger partial charge >= 0.3 is 0 Å². The molecule has 0 aliphatic heterocycles. The lowest BCUT2D eigenvalue weighted by molar-refractivity contribution is 0.0795. The van der Waals surface area contributed by atoms with Crippen molar-refractivity contribution in [3.8, 4) is 5.75 Å². The quantitative estimate of drug-likeness (QED) is 0.757. The third-order valence-corrected chi connectivity index (χ3v) is 2.24. The SMILES string of the molecule is CCCN(C)C(=O)c1ccc(OC)cc1. The van der Waals surface area contributed by atoms with E-state index in [4.69, 9.17) is 4.74 Å². The first-order chi connectivity index (χ1) is 7.19. The Bertz CT molecular complexity index is 319. The Hall–Kier alpha value is -1.51. The highest BCUT2D eigenvalue weighted by atomic mass is 16.5. The molecule has 0 heterocycles. The number of methoxy groups -OCH3 is 1. The highest BCUT2D eigenvalue weighted by Crippen LogP contribution is 2.12. The zero-order chi connectivity index (χ0) is 11.3. The molecule has 3 heteroatoms. The van der Waals surface area contributed by atoms with Crippen LogP contribution < -0.4 is 4.74 Å². The van der Waals surface area contributed by atoms with Gasteiger partial charge in [0.2, 0.25) is 0 Å². The molecule has 1 aromatic rings. The normalized spacial score (nSPS) is 9.80. The summed E-state index contributed by atoms with van der Waals surface area (Å²) < 4.78 is 5.03. The zero-order valence-corrected chi connectivity index (χ0v) is 9.49. The Kier molecular flexibility index (Phi) is 4.16. The van der Waals surface area contributed by atoms with Gasteiger partial charge in [0.1, 0.15) is 5.75 Å². The van der Waals surface area contributed by atoms with Crippen molar-refractivity contribution in [2.45, 2.75) is 13.3 Å². The largest absolute Gasteiger partial charge is 0.497 e. The van der Waals surface area contributed by atoms with Crippen LogP contribution in [0, 0.1) is 0 Å². The fraction of sp³-hybridized carbons (Fsp3) is 0.417. The van der Waals surface area contributed by atoms with Gasteiger partial charge in [-0.1, -0.05) is 6.92 Å². The Morgan fingerprint density at radius 1 is 1.33 bits per heavy atom. The van der Waals surface area contributed by atoms with Crippen LogP contribution in [-0.2, 0) is 0 Å². The molecule has 0 N–H and O–H groups in total. The van der Waals surface area contributed by atoms with Crippen LogP contribution in [0.25, 0.3) is 0 Å². The molecule has 0 saturated carbocycles. The maximum Gasteiger partial charge on any atom is 0.253 e. The van der Waals surface area contributed by atoms with Crippen molar-refractivity contribution in [1.29, 1.82) is 0 Å². The van der Waals surface area contributed by atoms with E-state index >= 15 is 0 Å². The molecule has 82 valence electrons. The first-order valence-corrected chi connectivity index (χ1v) is 5.08. The van der Waals surface area contributed by atoms with Crippen LogP contribution >= 0.6 is 0 Å².